The number of nitrogens with zero attached hydrogens (tertiary/aromatic N) is 3. The number of carbonyl (C=O) groups excluding carboxylic acids is 1. The second kappa shape index (κ2) is 8.02. The lowest BCUT2D eigenvalue weighted by atomic mass is 10.0. The molecule has 0 bridgehead atoms. The molecule has 28 heavy (non-hydrogen) atoms. The number of aryl methyl sites for hydroxylation is 2. The van der Waals surface area contributed by atoms with Crippen LogP contribution in [-0.4, -0.2) is 33.2 Å². The molecule has 1 aromatic carbocycles. The number of hydrogen-bond donors (Lipinski definition) is 1. The summed E-state index contributed by atoms with van der Waals surface area (Å²) in [7, 11) is 0. The summed E-state index contributed by atoms with van der Waals surface area (Å²) in [4.78, 5) is 15.1. The van der Waals surface area contributed by atoms with Gasteiger partial charge in [0.15, 0.2) is 0 Å². The molecule has 1 aliphatic rings. The first-order valence-electron chi connectivity index (χ1n) is 9.81. The number of anilines is 1. The van der Waals surface area contributed by atoms with E-state index < -0.39 is 0 Å². The van der Waals surface area contributed by atoms with E-state index in [1.165, 1.54) is 0 Å². The van der Waals surface area contributed by atoms with Crippen molar-refractivity contribution in [3.63, 3.8) is 0 Å². The van der Waals surface area contributed by atoms with Crippen LogP contribution < -0.4 is 5.32 Å². The van der Waals surface area contributed by atoms with Gasteiger partial charge in [0.1, 0.15) is 5.76 Å². The standard InChI is InChI=1S/C22H26N4O2/c1-16-14-17(2)26(24-16)19-10-8-18(9-11-19)23-22(27)21-7-3-4-12-25(21)15-20-6-5-13-28-20/h5-6,8-11,13-14,21H,3-4,7,12,15H2,1-2H3,(H,23,27). The molecule has 6 heteroatoms. The Morgan fingerprint density at radius 3 is 2.71 bits per heavy atom. The fourth-order valence-corrected chi connectivity index (χ4v) is 3.88. The summed E-state index contributed by atoms with van der Waals surface area (Å²) in [5.74, 6) is 0.944. The van der Waals surface area contributed by atoms with Crippen molar-refractivity contribution in [1.82, 2.24) is 14.7 Å². The second-order valence-electron chi connectivity index (χ2n) is 7.44. The molecule has 0 radical (unpaired) electrons. The number of carbonyl (C=O) groups is 1. The zero-order chi connectivity index (χ0) is 19.5. The maximum absolute atomic E-state index is 12.9. The van der Waals surface area contributed by atoms with Crippen LogP contribution in [0.3, 0.4) is 0 Å². The molecule has 1 atom stereocenters. The number of furan rings is 1. The second-order valence-corrected chi connectivity index (χ2v) is 7.44. The van der Waals surface area contributed by atoms with Crippen LogP contribution in [0.2, 0.25) is 0 Å². The number of likely N-dealkylation sites (tertiary alicyclic amines) is 1. The van der Waals surface area contributed by atoms with E-state index in [1.807, 2.05) is 61.0 Å². The molecular weight excluding hydrogens is 352 g/mol. The van der Waals surface area contributed by atoms with Crippen LogP contribution in [0, 0.1) is 13.8 Å². The normalized spacial score (nSPS) is 17.6. The Balaban J connectivity index is 1.44. The highest BCUT2D eigenvalue weighted by molar-refractivity contribution is 5.95. The SMILES string of the molecule is Cc1cc(C)n(-c2ccc(NC(=O)C3CCCCN3Cc3ccco3)cc2)n1. The topological polar surface area (TPSA) is 63.3 Å². The fourth-order valence-electron chi connectivity index (χ4n) is 3.88. The number of aromatic nitrogens is 2. The van der Waals surface area contributed by atoms with Crippen LogP contribution in [0.4, 0.5) is 5.69 Å². The number of piperidine rings is 1. The molecule has 6 nitrogen and oxygen atoms in total. The Kier molecular flexibility index (Phi) is 5.30. The van der Waals surface area contributed by atoms with Gasteiger partial charge in [-0.3, -0.25) is 9.69 Å². The maximum Gasteiger partial charge on any atom is 0.241 e. The van der Waals surface area contributed by atoms with Crippen molar-refractivity contribution in [1.29, 1.82) is 0 Å². The molecular formula is C22H26N4O2. The molecule has 0 aliphatic carbocycles. The number of amides is 1. The first kappa shape index (κ1) is 18.5. The van der Waals surface area contributed by atoms with Crippen molar-refractivity contribution in [2.45, 2.75) is 45.7 Å². The van der Waals surface area contributed by atoms with Crippen LogP contribution in [0.25, 0.3) is 5.69 Å². The number of nitrogens with one attached hydrogen (secondary N) is 1. The summed E-state index contributed by atoms with van der Waals surface area (Å²) in [5.41, 5.74) is 3.87. The van der Waals surface area contributed by atoms with Crippen molar-refractivity contribution in [2.24, 2.45) is 0 Å². The third-order valence-corrected chi connectivity index (χ3v) is 5.24. The van der Waals surface area contributed by atoms with Gasteiger partial charge in [0.05, 0.1) is 30.2 Å². The van der Waals surface area contributed by atoms with Gasteiger partial charge in [0, 0.05) is 11.4 Å². The molecule has 1 aliphatic heterocycles. The van der Waals surface area contributed by atoms with Crippen LogP contribution in [-0.2, 0) is 11.3 Å². The Labute approximate surface area is 165 Å². The van der Waals surface area contributed by atoms with Crippen LogP contribution in [0.5, 0.6) is 0 Å². The van der Waals surface area contributed by atoms with Gasteiger partial charge in [-0.25, -0.2) is 4.68 Å². The molecule has 146 valence electrons. The van der Waals surface area contributed by atoms with Gasteiger partial charge >= 0.3 is 0 Å². The third kappa shape index (κ3) is 4.02. The van der Waals surface area contributed by atoms with E-state index in [4.69, 9.17) is 4.42 Å². The maximum atomic E-state index is 12.9. The monoisotopic (exact) mass is 378 g/mol. The summed E-state index contributed by atoms with van der Waals surface area (Å²) in [6.45, 7) is 5.60. The minimum atomic E-state index is -0.130. The van der Waals surface area contributed by atoms with E-state index in [0.29, 0.717) is 6.54 Å². The Morgan fingerprint density at radius 2 is 2.04 bits per heavy atom. The van der Waals surface area contributed by atoms with Crippen molar-refractivity contribution >= 4 is 11.6 Å². The first-order valence-corrected chi connectivity index (χ1v) is 9.81. The van der Waals surface area contributed by atoms with Gasteiger partial charge in [-0.1, -0.05) is 6.42 Å². The number of rotatable bonds is 5. The summed E-state index contributed by atoms with van der Waals surface area (Å²) in [5, 5.41) is 7.58. The fraction of sp³-hybridized carbons (Fsp3) is 0.364. The van der Waals surface area contributed by atoms with Crippen LogP contribution >= 0.6 is 0 Å². The molecule has 0 spiro atoms. The smallest absolute Gasteiger partial charge is 0.241 e. The quantitative estimate of drug-likeness (QED) is 0.727. The Hall–Kier alpha value is -2.86. The number of benzene rings is 1. The Bertz CT molecular complexity index is 928. The average Bonchev–Trinajstić information content (AvgIpc) is 3.32. The summed E-state index contributed by atoms with van der Waals surface area (Å²) in [6.07, 6.45) is 4.74. The molecule has 1 N–H and O–H groups in total. The van der Waals surface area contributed by atoms with Crippen molar-refractivity contribution in [3.05, 3.63) is 65.9 Å². The lowest BCUT2D eigenvalue weighted by Gasteiger charge is -2.34. The van der Waals surface area contributed by atoms with Gasteiger partial charge in [-0.05, 0) is 75.7 Å². The van der Waals surface area contributed by atoms with Gasteiger partial charge in [0.25, 0.3) is 0 Å². The largest absolute Gasteiger partial charge is 0.468 e. The minimum absolute atomic E-state index is 0.0464. The zero-order valence-corrected chi connectivity index (χ0v) is 16.4. The van der Waals surface area contributed by atoms with E-state index in [0.717, 1.165) is 54.3 Å². The molecule has 3 heterocycles. The van der Waals surface area contributed by atoms with Gasteiger partial charge < -0.3 is 9.73 Å². The predicted molar refractivity (Wildman–Crippen MR) is 108 cm³/mol. The summed E-state index contributed by atoms with van der Waals surface area (Å²) >= 11 is 0. The lowest BCUT2D eigenvalue weighted by Crippen LogP contribution is -2.46. The van der Waals surface area contributed by atoms with E-state index in [9.17, 15) is 4.79 Å². The zero-order valence-electron chi connectivity index (χ0n) is 16.4. The molecule has 2 aromatic heterocycles. The van der Waals surface area contributed by atoms with Crippen molar-refractivity contribution in [3.8, 4) is 5.69 Å². The van der Waals surface area contributed by atoms with Gasteiger partial charge in [-0.2, -0.15) is 5.10 Å². The van der Waals surface area contributed by atoms with Crippen LogP contribution in [0.1, 0.15) is 36.4 Å². The summed E-state index contributed by atoms with van der Waals surface area (Å²) in [6, 6.07) is 13.6. The van der Waals surface area contributed by atoms with Gasteiger partial charge in [-0.15, -0.1) is 0 Å². The van der Waals surface area contributed by atoms with E-state index >= 15 is 0 Å². The molecule has 3 aromatic rings. The molecule has 1 amide bonds. The molecule has 1 unspecified atom stereocenters. The third-order valence-electron chi connectivity index (χ3n) is 5.24. The molecule has 1 fully saturated rings. The minimum Gasteiger partial charge on any atom is -0.468 e. The lowest BCUT2D eigenvalue weighted by molar-refractivity contribution is -0.122. The molecule has 1 saturated heterocycles. The average molecular weight is 378 g/mol. The van der Waals surface area contributed by atoms with E-state index in [1.54, 1.807) is 6.26 Å². The summed E-state index contributed by atoms with van der Waals surface area (Å²) < 4.78 is 7.38. The predicted octanol–water partition coefficient (Wildman–Crippen LogP) is 4.08. The van der Waals surface area contributed by atoms with Gasteiger partial charge in [0.2, 0.25) is 5.91 Å². The van der Waals surface area contributed by atoms with Crippen molar-refractivity contribution in [2.75, 3.05) is 11.9 Å². The highest BCUT2D eigenvalue weighted by Gasteiger charge is 2.29. The highest BCUT2D eigenvalue weighted by Crippen LogP contribution is 2.22. The molecule has 4 rings (SSSR count). The number of hydrogen-bond acceptors (Lipinski definition) is 4. The molecule has 0 saturated carbocycles. The van der Waals surface area contributed by atoms with Crippen molar-refractivity contribution < 1.29 is 9.21 Å². The van der Waals surface area contributed by atoms with E-state index in [-0.39, 0.29) is 11.9 Å². The highest BCUT2D eigenvalue weighted by atomic mass is 16.3. The van der Waals surface area contributed by atoms with Crippen LogP contribution in [0.15, 0.2) is 53.1 Å². The first-order chi connectivity index (χ1) is 13.6. The van der Waals surface area contributed by atoms with E-state index in [2.05, 4.69) is 15.3 Å². The Morgan fingerprint density at radius 1 is 1.21 bits per heavy atom.